The summed E-state index contributed by atoms with van der Waals surface area (Å²) >= 11 is 0. The first-order valence-electron chi connectivity index (χ1n) is 5.90. The molecule has 0 aromatic rings. The van der Waals surface area contributed by atoms with Crippen molar-refractivity contribution in [3.63, 3.8) is 0 Å². The van der Waals surface area contributed by atoms with E-state index in [0.717, 1.165) is 0 Å². The van der Waals surface area contributed by atoms with Crippen LogP contribution in [0.3, 0.4) is 0 Å². The van der Waals surface area contributed by atoms with Crippen LogP contribution >= 0.6 is 0 Å². The third-order valence-corrected chi connectivity index (χ3v) is 2.26. The Hall–Kier alpha value is -1.98. The number of hydrogen-bond acceptors (Lipinski definition) is 5. The minimum Gasteiger partial charge on any atom is -0.481 e. The maximum absolute atomic E-state index is 11.4. The molecule has 0 aliphatic carbocycles. The number of hydrogen-bond donors (Lipinski definition) is 1. The number of carbonyl (C=O) groups is 4. The first-order chi connectivity index (χ1) is 8.82. The van der Waals surface area contributed by atoms with E-state index in [1.54, 1.807) is 0 Å². The second-order valence-corrected chi connectivity index (χ2v) is 4.14. The summed E-state index contributed by atoms with van der Waals surface area (Å²) in [7, 11) is 0. The third-order valence-electron chi connectivity index (χ3n) is 2.26. The normalized spacial score (nSPS) is 9.74. The fourth-order valence-corrected chi connectivity index (χ4v) is 1.16. The summed E-state index contributed by atoms with van der Waals surface area (Å²) in [5.41, 5.74) is 0.260. The zero-order valence-corrected chi connectivity index (χ0v) is 10.9. The highest BCUT2D eigenvalue weighted by molar-refractivity contribution is 5.88. The second-order valence-electron chi connectivity index (χ2n) is 4.14. The molecule has 0 fully saturated rings. The molecule has 0 heterocycles. The first kappa shape index (κ1) is 17.0. The average molecular weight is 270 g/mol. The summed E-state index contributed by atoms with van der Waals surface area (Å²) in [6.45, 7) is 4.87. The van der Waals surface area contributed by atoms with Crippen LogP contribution in [0.2, 0.25) is 0 Å². The van der Waals surface area contributed by atoms with Gasteiger partial charge in [-0.2, -0.15) is 0 Å². The van der Waals surface area contributed by atoms with E-state index < -0.39 is 11.9 Å². The van der Waals surface area contributed by atoms with Crippen molar-refractivity contribution in [2.75, 3.05) is 6.61 Å². The Labute approximate surface area is 111 Å². The molecule has 0 spiro atoms. The minimum atomic E-state index is -1.04. The number of ether oxygens (including phenoxy) is 1. The molecule has 0 unspecified atom stereocenters. The lowest BCUT2D eigenvalue weighted by Gasteiger charge is -2.03. The van der Waals surface area contributed by atoms with Crippen molar-refractivity contribution in [3.05, 3.63) is 12.2 Å². The first-order valence-corrected chi connectivity index (χ1v) is 5.90. The van der Waals surface area contributed by atoms with Gasteiger partial charge in [0.1, 0.15) is 11.6 Å². The van der Waals surface area contributed by atoms with E-state index in [0.29, 0.717) is 0 Å². The number of esters is 1. The Morgan fingerprint density at radius 3 is 1.89 bits per heavy atom. The van der Waals surface area contributed by atoms with E-state index >= 15 is 0 Å². The molecule has 0 atom stereocenters. The molecule has 0 aliphatic heterocycles. The molecule has 0 saturated heterocycles. The molecular weight excluding hydrogens is 252 g/mol. The standard InChI is InChI=1S/C13H18O6/c1-9(2)13(18)19-8-7-11(15)4-3-10(14)5-6-12(16)17/h1,3-8H2,2H3,(H,16,17). The molecule has 19 heavy (non-hydrogen) atoms. The van der Waals surface area contributed by atoms with Crippen LogP contribution in [0, 0.1) is 0 Å². The lowest BCUT2D eigenvalue weighted by molar-refractivity contribution is -0.140. The summed E-state index contributed by atoms with van der Waals surface area (Å²) < 4.78 is 4.74. The van der Waals surface area contributed by atoms with Crippen molar-refractivity contribution in [1.29, 1.82) is 0 Å². The van der Waals surface area contributed by atoms with Crippen molar-refractivity contribution in [2.24, 2.45) is 0 Å². The number of rotatable bonds is 10. The molecule has 0 aliphatic rings. The Morgan fingerprint density at radius 2 is 1.42 bits per heavy atom. The van der Waals surface area contributed by atoms with Crippen molar-refractivity contribution in [2.45, 2.75) is 39.0 Å². The minimum absolute atomic E-state index is 0.0283. The van der Waals surface area contributed by atoms with E-state index in [4.69, 9.17) is 9.84 Å². The molecular formula is C13H18O6. The van der Waals surface area contributed by atoms with Gasteiger partial charge in [0.2, 0.25) is 0 Å². The maximum atomic E-state index is 11.4. The van der Waals surface area contributed by atoms with E-state index in [2.05, 4.69) is 6.58 Å². The molecule has 0 aromatic carbocycles. The molecule has 0 rings (SSSR count). The van der Waals surface area contributed by atoms with E-state index in [1.165, 1.54) is 6.92 Å². The number of Topliss-reactive ketones (excluding diaryl/α,β-unsaturated/α-hetero) is 2. The number of carbonyl (C=O) groups excluding carboxylic acids is 3. The van der Waals surface area contributed by atoms with Crippen molar-refractivity contribution in [1.82, 2.24) is 0 Å². The zero-order valence-electron chi connectivity index (χ0n) is 10.9. The van der Waals surface area contributed by atoms with Crippen LogP contribution in [-0.2, 0) is 23.9 Å². The van der Waals surface area contributed by atoms with Gasteiger partial charge in [0.15, 0.2) is 0 Å². The lowest BCUT2D eigenvalue weighted by Crippen LogP contribution is -2.11. The van der Waals surface area contributed by atoms with E-state index in [1.807, 2.05) is 0 Å². The summed E-state index contributed by atoms with van der Waals surface area (Å²) in [5.74, 6) is -2.04. The quantitative estimate of drug-likeness (QED) is 0.474. The van der Waals surface area contributed by atoms with Crippen molar-refractivity contribution in [3.8, 4) is 0 Å². The van der Waals surface area contributed by atoms with Gasteiger partial charge < -0.3 is 9.84 Å². The molecule has 0 bridgehead atoms. The number of carboxylic acid groups (broad SMARTS) is 1. The van der Waals surface area contributed by atoms with Gasteiger partial charge in [-0.05, 0) is 6.92 Å². The van der Waals surface area contributed by atoms with E-state index in [-0.39, 0.29) is 55.9 Å². The average Bonchev–Trinajstić information content (AvgIpc) is 2.33. The fourth-order valence-electron chi connectivity index (χ4n) is 1.16. The Morgan fingerprint density at radius 1 is 0.947 bits per heavy atom. The molecule has 0 saturated carbocycles. The Balaban J connectivity index is 3.70. The zero-order chi connectivity index (χ0) is 14.8. The van der Waals surface area contributed by atoms with Crippen LogP contribution in [0.25, 0.3) is 0 Å². The van der Waals surface area contributed by atoms with Crippen LogP contribution in [-0.4, -0.2) is 35.2 Å². The van der Waals surface area contributed by atoms with Crippen molar-refractivity contribution < 1.29 is 29.0 Å². The monoisotopic (exact) mass is 270 g/mol. The highest BCUT2D eigenvalue weighted by Gasteiger charge is 2.10. The van der Waals surface area contributed by atoms with E-state index in [9.17, 15) is 19.2 Å². The predicted octanol–water partition coefficient (Wildman–Crippen LogP) is 1.28. The fraction of sp³-hybridized carbons (Fsp3) is 0.538. The third kappa shape index (κ3) is 9.70. The Bertz CT molecular complexity index is 383. The molecule has 0 aromatic heterocycles. The van der Waals surface area contributed by atoms with Gasteiger partial charge in [0, 0.05) is 31.3 Å². The summed E-state index contributed by atoms with van der Waals surface area (Å²) in [6, 6.07) is 0. The molecule has 6 nitrogen and oxygen atoms in total. The van der Waals surface area contributed by atoms with Gasteiger partial charge in [-0.15, -0.1) is 0 Å². The van der Waals surface area contributed by atoms with Gasteiger partial charge in [-0.1, -0.05) is 6.58 Å². The highest BCUT2D eigenvalue weighted by atomic mass is 16.5. The second kappa shape index (κ2) is 9.02. The van der Waals surface area contributed by atoms with Crippen LogP contribution in [0.5, 0.6) is 0 Å². The van der Waals surface area contributed by atoms with Gasteiger partial charge in [-0.3, -0.25) is 14.4 Å². The van der Waals surface area contributed by atoms with Crippen LogP contribution in [0.1, 0.15) is 39.0 Å². The summed E-state index contributed by atoms with van der Waals surface area (Å²) in [6.07, 6.45) is -0.161. The molecule has 106 valence electrons. The summed E-state index contributed by atoms with van der Waals surface area (Å²) in [4.78, 5) is 43.8. The van der Waals surface area contributed by atoms with Crippen LogP contribution in [0.4, 0.5) is 0 Å². The van der Waals surface area contributed by atoms with Crippen molar-refractivity contribution >= 4 is 23.5 Å². The lowest BCUT2D eigenvalue weighted by atomic mass is 10.1. The maximum Gasteiger partial charge on any atom is 0.333 e. The molecule has 0 amide bonds. The number of ketones is 2. The Kier molecular flexibility index (Phi) is 8.08. The van der Waals surface area contributed by atoms with Gasteiger partial charge in [0.05, 0.1) is 13.0 Å². The topological polar surface area (TPSA) is 97.7 Å². The molecule has 1 N–H and O–H groups in total. The van der Waals surface area contributed by atoms with Crippen LogP contribution < -0.4 is 0 Å². The highest BCUT2D eigenvalue weighted by Crippen LogP contribution is 2.02. The SMILES string of the molecule is C=C(C)C(=O)OCCC(=O)CCC(=O)CCC(=O)O. The van der Waals surface area contributed by atoms with Gasteiger partial charge in [0.25, 0.3) is 0 Å². The smallest absolute Gasteiger partial charge is 0.333 e. The molecule has 6 heteroatoms. The van der Waals surface area contributed by atoms with Crippen LogP contribution in [0.15, 0.2) is 12.2 Å². The van der Waals surface area contributed by atoms with Gasteiger partial charge >= 0.3 is 11.9 Å². The largest absolute Gasteiger partial charge is 0.481 e. The number of carboxylic acids is 1. The number of aliphatic carboxylic acids is 1. The van der Waals surface area contributed by atoms with Gasteiger partial charge in [-0.25, -0.2) is 4.79 Å². The predicted molar refractivity (Wildman–Crippen MR) is 66.5 cm³/mol. The molecule has 0 radical (unpaired) electrons. The summed E-state index contributed by atoms with van der Waals surface area (Å²) in [5, 5.41) is 8.38.